The van der Waals surface area contributed by atoms with Gasteiger partial charge in [-0.05, 0) is 36.4 Å². The Morgan fingerprint density at radius 2 is 1.60 bits per heavy atom. The van der Waals surface area contributed by atoms with Crippen LogP contribution in [0.4, 0.5) is 17.1 Å². The van der Waals surface area contributed by atoms with Crippen molar-refractivity contribution in [1.82, 2.24) is 10.6 Å². The van der Waals surface area contributed by atoms with Crippen LogP contribution in [-0.2, 0) is 15.1 Å². The number of likely N-dealkylation sites (N-methyl/N-ethyl adjacent to an activating group) is 1. The maximum Gasteiger partial charge on any atom is 0.340 e. The summed E-state index contributed by atoms with van der Waals surface area (Å²) >= 11 is 0. The monoisotopic (exact) mass is 639 g/mol. The number of fused-ring (bicyclic) bond motifs is 6. The maximum absolute atomic E-state index is 13.0. The summed E-state index contributed by atoms with van der Waals surface area (Å²) in [6, 6.07) is 20.6. The average Bonchev–Trinajstić information content (AvgIpc) is 3.34. The van der Waals surface area contributed by atoms with Crippen molar-refractivity contribution in [2.75, 3.05) is 43.7 Å². The van der Waals surface area contributed by atoms with Gasteiger partial charge in [-0.3, -0.25) is 30.0 Å². The van der Waals surface area contributed by atoms with E-state index in [-0.39, 0.29) is 48.2 Å². The molecule has 2 aliphatic rings. The molecule has 0 saturated carbocycles. The number of nitrogens with zero attached hydrogens (tertiary/aromatic N) is 3. The Morgan fingerprint density at radius 1 is 0.894 bits per heavy atom. The fraction of sp³-hybridized carbons (Fsp3) is 0.182. The third kappa shape index (κ3) is 5.61. The molecule has 240 valence electrons. The average molecular weight is 640 g/mol. The molecule has 2 heterocycles. The Balaban J connectivity index is 1.13. The van der Waals surface area contributed by atoms with Gasteiger partial charge in [0.15, 0.2) is 5.60 Å². The van der Waals surface area contributed by atoms with E-state index in [4.69, 9.17) is 9.47 Å². The van der Waals surface area contributed by atoms with Gasteiger partial charge in [0.05, 0.1) is 22.7 Å². The van der Waals surface area contributed by atoms with Gasteiger partial charge in [-0.1, -0.05) is 18.2 Å². The van der Waals surface area contributed by atoms with Gasteiger partial charge >= 0.3 is 5.97 Å². The molecule has 14 heteroatoms. The van der Waals surface area contributed by atoms with Crippen LogP contribution >= 0.6 is 0 Å². The maximum atomic E-state index is 13.0. The highest BCUT2D eigenvalue weighted by atomic mass is 16.6. The lowest BCUT2D eigenvalue weighted by atomic mass is 9.77. The fourth-order valence-electron chi connectivity index (χ4n) is 5.75. The van der Waals surface area contributed by atoms with Crippen LogP contribution in [0.15, 0.2) is 78.9 Å². The number of rotatable bonds is 9. The minimum atomic E-state index is -1.29. The molecule has 0 aromatic heterocycles. The van der Waals surface area contributed by atoms with Crippen LogP contribution in [0.3, 0.4) is 0 Å². The highest BCUT2D eigenvalue weighted by Gasteiger charge is 2.53. The van der Waals surface area contributed by atoms with E-state index in [0.717, 1.165) is 12.1 Å². The van der Waals surface area contributed by atoms with Gasteiger partial charge in [0.25, 0.3) is 11.6 Å². The topological polar surface area (TPSA) is 184 Å². The summed E-state index contributed by atoms with van der Waals surface area (Å²) in [7, 11) is 2.99. The second-order valence-electron chi connectivity index (χ2n) is 11.1. The van der Waals surface area contributed by atoms with E-state index < -0.39 is 22.4 Å². The van der Waals surface area contributed by atoms with Crippen LogP contribution in [0.2, 0.25) is 0 Å². The number of ether oxygens (including phenoxy) is 2. The number of non-ortho nitro benzene ring substituents is 1. The van der Waals surface area contributed by atoms with Gasteiger partial charge in [0.1, 0.15) is 17.2 Å². The van der Waals surface area contributed by atoms with Crippen molar-refractivity contribution in [1.29, 1.82) is 0 Å². The zero-order valence-electron chi connectivity index (χ0n) is 25.2. The standard InChI is InChI=1S/C33H29N5O9/c1-36(18-30(40)34-11-12-35-31(41)19-13-21(37(2)43)15-22(14-19)38(44)45)20-7-9-26-28(16-20)46-29-17-23(39)8-10-27(29)33(26)25-6-4-3-5-24(25)32(42)47-33/h3-10,13-17,39,43H,11-12,18H2,1-2H3,(H,34,40)(H,35,41). The number of hydroxylamine groups is 1. The van der Waals surface area contributed by atoms with Crippen molar-refractivity contribution in [3.05, 3.63) is 117 Å². The second-order valence-corrected chi connectivity index (χ2v) is 11.1. The molecule has 6 rings (SSSR count). The summed E-state index contributed by atoms with van der Waals surface area (Å²) in [5.74, 6) is -0.739. The van der Waals surface area contributed by atoms with Crippen LogP contribution in [-0.4, -0.2) is 66.8 Å². The van der Waals surface area contributed by atoms with Crippen molar-refractivity contribution in [3.63, 3.8) is 0 Å². The first kappa shape index (κ1) is 30.9. The predicted molar refractivity (Wildman–Crippen MR) is 168 cm³/mol. The lowest BCUT2D eigenvalue weighted by Gasteiger charge is -2.37. The van der Waals surface area contributed by atoms with Crippen LogP contribution in [0.5, 0.6) is 17.2 Å². The van der Waals surface area contributed by atoms with E-state index in [1.807, 2.05) is 12.1 Å². The number of anilines is 2. The summed E-state index contributed by atoms with van der Waals surface area (Å²) in [6.45, 7) is 0.0770. The summed E-state index contributed by atoms with van der Waals surface area (Å²) in [5, 5.41) is 37.0. The Morgan fingerprint density at radius 3 is 2.34 bits per heavy atom. The van der Waals surface area contributed by atoms with Crippen LogP contribution in [0.1, 0.15) is 37.4 Å². The van der Waals surface area contributed by atoms with Gasteiger partial charge in [-0.2, -0.15) is 0 Å². The Hall–Kier alpha value is -6.15. The number of esters is 1. The number of phenols is 1. The van der Waals surface area contributed by atoms with Crippen LogP contribution in [0.25, 0.3) is 0 Å². The molecule has 1 spiro atoms. The van der Waals surface area contributed by atoms with Gasteiger partial charge in [-0.15, -0.1) is 0 Å². The Bertz CT molecular complexity index is 1950. The lowest BCUT2D eigenvalue weighted by Crippen LogP contribution is -2.39. The number of aromatic hydroxyl groups is 1. The van der Waals surface area contributed by atoms with E-state index in [1.54, 1.807) is 48.3 Å². The zero-order valence-corrected chi connectivity index (χ0v) is 25.2. The predicted octanol–water partition coefficient (Wildman–Crippen LogP) is 3.68. The summed E-state index contributed by atoms with van der Waals surface area (Å²) < 4.78 is 12.3. The number of nitro groups is 1. The molecule has 1 unspecified atom stereocenters. The Kier molecular flexibility index (Phi) is 7.87. The van der Waals surface area contributed by atoms with Gasteiger partial charge in [0, 0.05) is 79.4 Å². The number of amides is 2. The zero-order chi connectivity index (χ0) is 33.5. The van der Waals surface area contributed by atoms with Crippen molar-refractivity contribution in [3.8, 4) is 17.2 Å². The number of carbonyl (C=O) groups excluding carboxylic acids is 3. The molecule has 0 aliphatic carbocycles. The molecule has 0 bridgehead atoms. The number of nitro benzene ring substituents is 1. The molecular formula is C33H29N5O9. The smallest absolute Gasteiger partial charge is 0.340 e. The number of benzene rings is 4. The first-order valence-corrected chi connectivity index (χ1v) is 14.4. The van der Waals surface area contributed by atoms with E-state index in [0.29, 0.717) is 44.5 Å². The SMILES string of the molecule is CN(O)c1cc(C(=O)NCCNC(=O)CN(C)c2ccc3c(c2)Oc2cc(O)ccc2C32OC(=O)c3ccccc32)cc([N+](=O)[O-])c1. The normalized spacial score (nSPS) is 15.4. The largest absolute Gasteiger partial charge is 0.508 e. The molecule has 2 aliphatic heterocycles. The first-order chi connectivity index (χ1) is 22.5. The van der Waals surface area contributed by atoms with Crippen molar-refractivity contribution >= 4 is 34.8 Å². The Labute approximate surface area is 267 Å². The number of hydrogen-bond acceptors (Lipinski definition) is 11. The molecule has 14 nitrogen and oxygen atoms in total. The molecule has 0 saturated heterocycles. The van der Waals surface area contributed by atoms with E-state index in [1.165, 1.54) is 25.2 Å². The van der Waals surface area contributed by atoms with Crippen molar-refractivity contribution in [2.24, 2.45) is 0 Å². The highest BCUT2D eigenvalue weighted by molar-refractivity contribution is 5.97. The molecular weight excluding hydrogens is 610 g/mol. The third-order valence-corrected chi connectivity index (χ3v) is 7.98. The summed E-state index contributed by atoms with van der Waals surface area (Å²) in [6.07, 6.45) is 0. The van der Waals surface area contributed by atoms with Crippen molar-refractivity contribution in [2.45, 2.75) is 5.60 Å². The molecule has 1 atom stereocenters. The van der Waals surface area contributed by atoms with Gasteiger partial charge < -0.3 is 30.1 Å². The quantitative estimate of drug-likeness (QED) is 0.0907. The number of phenolic OH excluding ortho intramolecular Hbond substituents is 1. The van der Waals surface area contributed by atoms with E-state index in [2.05, 4.69) is 10.6 Å². The number of carbonyl (C=O) groups is 3. The lowest BCUT2D eigenvalue weighted by molar-refractivity contribution is -0.384. The van der Waals surface area contributed by atoms with Gasteiger partial charge in [-0.25, -0.2) is 4.79 Å². The second kappa shape index (κ2) is 12.0. The molecule has 0 radical (unpaired) electrons. The van der Waals surface area contributed by atoms with Crippen molar-refractivity contribution < 1.29 is 39.1 Å². The number of hydrogen-bond donors (Lipinski definition) is 4. The van der Waals surface area contributed by atoms with Gasteiger partial charge in [0.2, 0.25) is 5.91 Å². The van der Waals surface area contributed by atoms with Crippen LogP contribution < -0.4 is 25.3 Å². The molecule has 4 N–H and O–H groups in total. The summed E-state index contributed by atoms with van der Waals surface area (Å²) in [4.78, 5) is 50.6. The molecule has 47 heavy (non-hydrogen) atoms. The van der Waals surface area contributed by atoms with E-state index in [9.17, 15) is 34.8 Å². The molecule has 4 aromatic rings. The minimum Gasteiger partial charge on any atom is -0.508 e. The number of nitrogens with one attached hydrogen (secondary N) is 2. The van der Waals surface area contributed by atoms with E-state index >= 15 is 0 Å². The molecule has 0 fully saturated rings. The highest BCUT2D eigenvalue weighted by Crippen LogP contribution is 2.56. The third-order valence-electron chi connectivity index (χ3n) is 7.98. The minimum absolute atomic E-state index is 0.0197. The first-order valence-electron chi connectivity index (χ1n) is 14.4. The fourth-order valence-corrected chi connectivity index (χ4v) is 5.75. The van der Waals surface area contributed by atoms with Crippen LogP contribution in [0, 0.1) is 10.1 Å². The summed E-state index contributed by atoms with van der Waals surface area (Å²) in [5.41, 5.74) is 1.27. The molecule has 4 aromatic carbocycles. The molecule has 2 amide bonds.